The Labute approximate surface area is 131 Å². The molecular weight excluding hydrogens is 278 g/mol. The van der Waals surface area contributed by atoms with Gasteiger partial charge in [-0.1, -0.05) is 12.1 Å². The molecule has 0 amide bonds. The molecule has 1 fully saturated rings. The minimum atomic E-state index is -0.261. The fourth-order valence-electron chi connectivity index (χ4n) is 3.23. The second kappa shape index (κ2) is 6.50. The van der Waals surface area contributed by atoms with Crippen LogP contribution in [-0.4, -0.2) is 46.1 Å². The first kappa shape index (κ1) is 15.1. The fourth-order valence-corrected chi connectivity index (χ4v) is 3.23. The van der Waals surface area contributed by atoms with Crippen molar-refractivity contribution in [3.63, 3.8) is 0 Å². The monoisotopic (exact) mass is 301 g/mol. The second-order valence-corrected chi connectivity index (χ2v) is 5.87. The number of benzene rings is 1. The maximum atomic E-state index is 10.1. The lowest BCUT2D eigenvalue weighted by molar-refractivity contribution is 0.175. The summed E-state index contributed by atoms with van der Waals surface area (Å²) in [6.45, 7) is 1.64. The molecule has 0 saturated carbocycles. The van der Waals surface area contributed by atoms with Gasteiger partial charge in [-0.05, 0) is 30.2 Å². The van der Waals surface area contributed by atoms with E-state index in [-0.39, 0.29) is 12.1 Å². The van der Waals surface area contributed by atoms with Crippen molar-refractivity contribution in [2.75, 3.05) is 20.2 Å². The number of aromatic nitrogens is 2. The Balaban J connectivity index is 1.72. The highest BCUT2D eigenvalue weighted by Crippen LogP contribution is 2.33. The summed E-state index contributed by atoms with van der Waals surface area (Å²) in [5.41, 5.74) is 2.42. The van der Waals surface area contributed by atoms with E-state index in [0.29, 0.717) is 0 Å². The Bertz CT molecular complexity index is 626. The summed E-state index contributed by atoms with van der Waals surface area (Å²) in [5.74, 6) is 0.866. The van der Waals surface area contributed by atoms with Gasteiger partial charge in [0.2, 0.25) is 0 Å². The van der Waals surface area contributed by atoms with Gasteiger partial charge in [0.25, 0.3) is 0 Å². The van der Waals surface area contributed by atoms with Crippen LogP contribution in [0.5, 0.6) is 5.75 Å². The SMILES string of the molecule is COc1cccc([C@H]2C[C@H](O)CN2CCc2ccnn2C)c1. The number of aryl methyl sites for hydroxylation is 1. The van der Waals surface area contributed by atoms with Gasteiger partial charge in [0.1, 0.15) is 5.75 Å². The topological polar surface area (TPSA) is 50.5 Å². The lowest BCUT2D eigenvalue weighted by atomic mass is 10.0. The van der Waals surface area contributed by atoms with E-state index in [2.05, 4.69) is 22.1 Å². The minimum absolute atomic E-state index is 0.248. The van der Waals surface area contributed by atoms with Crippen LogP contribution < -0.4 is 4.74 Å². The van der Waals surface area contributed by atoms with Crippen molar-refractivity contribution in [1.82, 2.24) is 14.7 Å². The summed E-state index contributed by atoms with van der Waals surface area (Å²) in [4.78, 5) is 2.35. The zero-order chi connectivity index (χ0) is 15.5. The lowest BCUT2D eigenvalue weighted by Crippen LogP contribution is -2.27. The van der Waals surface area contributed by atoms with E-state index >= 15 is 0 Å². The predicted octanol–water partition coefficient (Wildman–Crippen LogP) is 1.78. The number of nitrogens with zero attached hydrogens (tertiary/aromatic N) is 3. The van der Waals surface area contributed by atoms with Crippen LogP contribution >= 0.6 is 0 Å². The van der Waals surface area contributed by atoms with E-state index in [1.54, 1.807) is 7.11 Å². The Hall–Kier alpha value is -1.85. The molecule has 22 heavy (non-hydrogen) atoms. The van der Waals surface area contributed by atoms with Gasteiger partial charge in [-0.2, -0.15) is 5.10 Å². The number of β-amino-alcohol motifs (C(OH)–C–C–N with tert-alkyl or cyclic N) is 1. The maximum Gasteiger partial charge on any atom is 0.119 e. The minimum Gasteiger partial charge on any atom is -0.497 e. The van der Waals surface area contributed by atoms with Gasteiger partial charge in [0.05, 0.1) is 13.2 Å². The fraction of sp³-hybridized carbons (Fsp3) is 0.471. The Morgan fingerprint density at radius 1 is 1.36 bits per heavy atom. The molecule has 1 aliphatic heterocycles. The molecule has 2 aromatic rings. The molecule has 0 spiro atoms. The molecule has 0 bridgehead atoms. The summed E-state index contributed by atoms with van der Waals surface area (Å²) in [7, 11) is 3.65. The molecule has 5 heteroatoms. The van der Waals surface area contributed by atoms with Gasteiger partial charge in [0, 0.05) is 44.5 Å². The first-order chi connectivity index (χ1) is 10.7. The third kappa shape index (κ3) is 3.15. The number of aliphatic hydroxyl groups excluding tert-OH is 1. The zero-order valence-electron chi connectivity index (χ0n) is 13.1. The van der Waals surface area contributed by atoms with Gasteiger partial charge in [0.15, 0.2) is 0 Å². The van der Waals surface area contributed by atoms with Crippen LogP contribution in [0, 0.1) is 0 Å². The molecule has 3 rings (SSSR count). The molecule has 1 aliphatic rings. The van der Waals surface area contributed by atoms with Crippen molar-refractivity contribution in [2.45, 2.75) is 25.0 Å². The number of methoxy groups -OCH3 is 1. The van der Waals surface area contributed by atoms with E-state index in [9.17, 15) is 5.11 Å². The molecular formula is C17H23N3O2. The molecule has 118 valence electrons. The highest BCUT2D eigenvalue weighted by atomic mass is 16.5. The molecule has 1 aromatic heterocycles. The highest BCUT2D eigenvalue weighted by Gasteiger charge is 2.31. The zero-order valence-corrected chi connectivity index (χ0v) is 13.1. The Kier molecular flexibility index (Phi) is 4.45. The predicted molar refractivity (Wildman–Crippen MR) is 84.8 cm³/mol. The molecule has 2 atom stereocenters. The molecule has 1 N–H and O–H groups in total. The Morgan fingerprint density at radius 2 is 2.23 bits per heavy atom. The van der Waals surface area contributed by atoms with E-state index < -0.39 is 0 Å². The number of likely N-dealkylation sites (tertiary alicyclic amines) is 1. The van der Waals surface area contributed by atoms with Gasteiger partial charge in [-0.25, -0.2) is 0 Å². The van der Waals surface area contributed by atoms with Crippen molar-refractivity contribution in [2.24, 2.45) is 7.05 Å². The summed E-state index contributed by atoms with van der Waals surface area (Å²) in [6, 6.07) is 10.4. The molecule has 0 aliphatic carbocycles. The first-order valence-corrected chi connectivity index (χ1v) is 7.70. The first-order valence-electron chi connectivity index (χ1n) is 7.70. The third-order valence-corrected chi connectivity index (χ3v) is 4.44. The molecule has 1 aromatic carbocycles. The summed E-state index contributed by atoms with van der Waals surface area (Å²) >= 11 is 0. The van der Waals surface area contributed by atoms with E-state index in [1.807, 2.05) is 36.1 Å². The number of hydrogen-bond acceptors (Lipinski definition) is 4. The van der Waals surface area contributed by atoms with Crippen LogP contribution in [0.2, 0.25) is 0 Å². The van der Waals surface area contributed by atoms with Crippen molar-refractivity contribution in [3.05, 3.63) is 47.8 Å². The Morgan fingerprint density at radius 3 is 2.95 bits per heavy atom. The molecule has 0 unspecified atom stereocenters. The summed E-state index contributed by atoms with van der Waals surface area (Å²) in [6.07, 6.45) is 3.28. The van der Waals surface area contributed by atoms with Crippen molar-refractivity contribution in [1.29, 1.82) is 0 Å². The summed E-state index contributed by atoms with van der Waals surface area (Å²) in [5, 5.41) is 14.3. The highest BCUT2D eigenvalue weighted by molar-refractivity contribution is 5.31. The van der Waals surface area contributed by atoms with Crippen molar-refractivity contribution >= 4 is 0 Å². The van der Waals surface area contributed by atoms with Crippen LogP contribution in [0.3, 0.4) is 0 Å². The number of rotatable bonds is 5. The van der Waals surface area contributed by atoms with Gasteiger partial charge in [-0.15, -0.1) is 0 Å². The second-order valence-electron chi connectivity index (χ2n) is 5.87. The third-order valence-electron chi connectivity index (χ3n) is 4.44. The van der Waals surface area contributed by atoms with Crippen LogP contribution in [0.25, 0.3) is 0 Å². The van der Waals surface area contributed by atoms with E-state index in [0.717, 1.165) is 31.7 Å². The van der Waals surface area contributed by atoms with Gasteiger partial charge < -0.3 is 9.84 Å². The van der Waals surface area contributed by atoms with Gasteiger partial charge in [-0.3, -0.25) is 9.58 Å². The van der Waals surface area contributed by atoms with Crippen molar-refractivity contribution < 1.29 is 9.84 Å². The molecule has 2 heterocycles. The molecule has 5 nitrogen and oxygen atoms in total. The number of ether oxygens (including phenoxy) is 1. The number of hydrogen-bond donors (Lipinski definition) is 1. The van der Waals surface area contributed by atoms with Gasteiger partial charge >= 0.3 is 0 Å². The van der Waals surface area contributed by atoms with Crippen LogP contribution in [0.15, 0.2) is 36.5 Å². The van der Waals surface area contributed by atoms with Crippen molar-refractivity contribution in [3.8, 4) is 5.75 Å². The molecule has 1 saturated heterocycles. The maximum absolute atomic E-state index is 10.1. The largest absolute Gasteiger partial charge is 0.497 e. The average molecular weight is 301 g/mol. The molecule has 0 radical (unpaired) electrons. The van der Waals surface area contributed by atoms with E-state index in [4.69, 9.17) is 4.74 Å². The summed E-state index contributed by atoms with van der Waals surface area (Å²) < 4.78 is 7.23. The van der Waals surface area contributed by atoms with E-state index in [1.165, 1.54) is 11.3 Å². The number of aliphatic hydroxyl groups is 1. The average Bonchev–Trinajstić information content (AvgIpc) is 3.11. The smallest absolute Gasteiger partial charge is 0.119 e. The van der Waals surface area contributed by atoms with Crippen LogP contribution in [-0.2, 0) is 13.5 Å². The quantitative estimate of drug-likeness (QED) is 0.914. The normalized spacial score (nSPS) is 22.1. The lowest BCUT2D eigenvalue weighted by Gasteiger charge is -2.24. The van der Waals surface area contributed by atoms with Crippen LogP contribution in [0.1, 0.15) is 23.7 Å². The van der Waals surface area contributed by atoms with Crippen LogP contribution in [0.4, 0.5) is 0 Å². The standard InChI is InChI=1S/C17H23N3O2/c1-19-14(6-8-18-19)7-9-20-12-15(21)11-17(20)13-4-3-5-16(10-13)22-2/h3-6,8,10,15,17,21H,7,9,11-12H2,1-2H3/t15-,17+/m0/s1.